The smallest absolute Gasteiger partial charge is 0.0314 e. The van der Waals surface area contributed by atoms with E-state index >= 15 is 0 Å². The van der Waals surface area contributed by atoms with E-state index < -0.39 is 0 Å². The summed E-state index contributed by atoms with van der Waals surface area (Å²) in [7, 11) is 0. The first-order chi connectivity index (χ1) is 6.77. The van der Waals surface area contributed by atoms with E-state index in [0.717, 1.165) is 5.69 Å². The number of hydrogen-bond acceptors (Lipinski definition) is 1. The number of anilines is 1. The van der Waals surface area contributed by atoms with E-state index in [9.17, 15) is 0 Å². The molecule has 1 aliphatic carbocycles. The molecule has 0 saturated carbocycles. The molecule has 0 aliphatic heterocycles. The highest BCUT2D eigenvalue weighted by Gasteiger charge is 2.01. The predicted molar refractivity (Wildman–Crippen MR) is 61.7 cm³/mol. The van der Waals surface area contributed by atoms with E-state index in [4.69, 9.17) is 5.73 Å². The number of allylic oxidation sites excluding steroid dienone is 6. The second kappa shape index (κ2) is 3.54. The van der Waals surface area contributed by atoms with Crippen LogP contribution in [0, 0.1) is 0 Å². The van der Waals surface area contributed by atoms with Gasteiger partial charge >= 0.3 is 0 Å². The van der Waals surface area contributed by atoms with E-state index in [0.29, 0.717) is 0 Å². The normalized spacial score (nSPS) is 13.6. The lowest BCUT2D eigenvalue weighted by Gasteiger charge is -2.04. The Balaban J connectivity index is 2.40. The van der Waals surface area contributed by atoms with Gasteiger partial charge in [-0.1, -0.05) is 36.4 Å². The minimum atomic E-state index is 0.809. The average molecular weight is 183 g/mol. The molecule has 1 heteroatoms. The fourth-order valence-corrected chi connectivity index (χ4v) is 1.52. The van der Waals surface area contributed by atoms with Gasteiger partial charge in [0.05, 0.1) is 0 Å². The van der Waals surface area contributed by atoms with E-state index in [1.54, 1.807) is 0 Å². The SMILES string of the molecule is CC(=C1C=CC=C1)c1ccc(N)cc1. The van der Waals surface area contributed by atoms with Gasteiger partial charge in [-0.2, -0.15) is 0 Å². The Morgan fingerprint density at radius 3 is 2.14 bits per heavy atom. The largest absolute Gasteiger partial charge is 0.399 e. The number of nitrogen functional groups attached to an aromatic ring is 1. The van der Waals surface area contributed by atoms with Gasteiger partial charge < -0.3 is 5.73 Å². The Kier molecular flexibility index (Phi) is 2.23. The first-order valence-electron chi connectivity index (χ1n) is 4.69. The van der Waals surface area contributed by atoms with Gasteiger partial charge in [0.1, 0.15) is 0 Å². The van der Waals surface area contributed by atoms with Crippen molar-refractivity contribution in [2.24, 2.45) is 0 Å². The highest BCUT2D eigenvalue weighted by atomic mass is 14.5. The number of benzene rings is 1. The van der Waals surface area contributed by atoms with Crippen molar-refractivity contribution in [1.82, 2.24) is 0 Å². The van der Waals surface area contributed by atoms with Crippen LogP contribution < -0.4 is 5.73 Å². The van der Waals surface area contributed by atoms with Crippen molar-refractivity contribution in [1.29, 1.82) is 0 Å². The lowest BCUT2D eigenvalue weighted by Crippen LogP contribution is -1.86. The highest BCUT2D eigenvalue weighted by Crippen LogP contribution is 2.23. The van der Waals surface area contributed by atoms with Crippen LogP contribution in [-0.2, 0) is 0 Å². The standard InChI is InChI=1S/C13H13N/c1-10(11-4-2-3-5-11)12-6-8-13(14)9-7-12/h2-9H,14H2,1H3. The molecule has 0 saturated heterocycles. The molecule has 0 radical (unpaired) electrons. The van der Waals surface area contributed by atoms with Crippen LogP contribution in [0.25, 0.3) is 5.57 Å². The summed E-state index contributed by atoms with van der Waals surface area (Å²) in [5.74, 6) is 0. The summed E-state index contributed by atoms with van der Waals surface area (Å²) < 4.78 is 0. The highest BCUT2D eigenvalue weighted by molar-refractivity contribution is 5.73. The van der Waals surface area contributed by atoms with Crippen LogP contribution >= 0.6 is 0 Å². The fraction of sp³-hybridized carbons (Fsp3) is 0.0769. The van der Waals surface area contributed by atoms with Crippen molar-refractivity contribution in [2.45, 2.75) is 6.92 Å². The molecule has 70 valence electrons. The molecule has 0 aromatic heterocycles. The first kappa shape index (κ1) is 8.82. The summed E-state index contributed by atoms with van der Waals surface area (Å²) in [6.07, 6.45) is 8.34. The van der Waals surface area contributed by atoms with Crippen LogP contribution in [0.15, 0.2) is 54.1 Å². The Bertz CT molecular complexity index is 405. The second-order valence-corrected chi connectivity index (χ2v) is 3.42. The van der Waals surface area contributed by atoms with Crippen LogP contribution in [0.4, 0.5) is 5.69 Å². The molecule has 0 spiro atoms. The molecule has 1 aliphatic rings. The van der Waals surface area contributed by atoms with E-state index in [-0.39, 0.29) is 0 Å². The summed E-state index contributed by atoms with van der Waals surface area (Å²) in [5, 5.41) is 0. The molecule has 0 unspecified atom stereocenters. The van der Waals surface area contributed by atoms with E-state index in [1.165, 1.54) is 16.7 Å². The molecular weight excluding hydrogens is 170 g/mol. The van der Waals surface area contributed by atoms with Crippen molar-refractivity contribution in [3.05, 3.63) is 59.7 Å². The van der Waals surface area contributed by atoms with Crippen LogP contribution in [-0.4, -0.2) is 0 Å². The maximum Gasteiger partial charge on any atom is 0.0314 e. The Hall–Kier alpha value is -1.76. The molecule has 0 amide bonds. The van der Waals surface area contributed by atoms with Gasteiger partial charge in [-0.25, -0.2) is 0 Å². The van der Waals surface area contributed by atoms with Gasteiger partial charge in [0.25, 0.3) is 0 Å². The number of hydrogen-bond donors (Lipinski definition) is 1. The third-order valence-corrected chi connectivity index (χ3v) is 2.44. The molecule has 2 rings (SSSR count). The molecule has 0 heterocycles. The zero-order valence-electron chi connectivity index (χ0n) is 8.20. The molecule has 14 heavy (non-hydrogen) atoms. The zero-order chi connectivity index (χ0) is 9.97. The summed E-state index contributed by atoms with van der Waals surface area (Å²) in [4.78, 5) is 0. The van der Waals surface area contributed by atoms with Crippen molar-refractivity contribution >= 4 is 11.3 Å². The second-order valence-electron chi connectivity index (χ2n) is 3.42. The topological polar surface area (TPSA) is 26.0 Å². The lowest BCUT2D eigenvalue weighted by atomic mass is 10.0. The Morgan fingerprint density at radius 1 is 1.00 bits per heavy atom. The Morgan fingerprint density at radius 2 is 1.57 bits per heavy atom. The minimum Gasteiger partial charge on any atom is -0.399 e. The lowest BCUT2D eigenvalue weighted by molar-refractivity contribution is 1.53. The maximum absolute atomic E-state index is 5.64. The summed E-state index contributed by atoms with van der Waals surface area (Å²) >= 11 is 0. The van der Waals surface area contributed by atoms with Crippen LogP contribution in [0.2, 0.25) is 0 Å². The molecule has 1 aromatic rings. The van der Waals surface area contributed by atoms with Crippen molar-refractivity contribution in [2.75, 3.05) is 5.73 Å². The van der Waals surface area contributed by atoms with Gasteiger partial charge in [0.2, 0.25) is 0 Å². The van der Waals surface area contributed by atoms with Crippen molar-refractivity contribution in [3.63, 3.8) is 0 Å². The Labute approximate surface area is 84.3 Å². The van der Waals surface area contributed by atoms with Crippen molar-refractivity contribution in [3.8, 4) is 0 Å². The van der Waals surface area contributed by atoms with Gasteiger partial charge in [0.15, 0.2) is 0 Å². The zero-order valence-corrected chi connectivity index (χ0v) is 8.20. The molecular formula is C13H13N. The quantitative estimate of drug-likeness (QED) is 0.665. The summed E-state index contributed by atoms with van der Waals surface area (Å²) in [5.41, 5.74) is 10.2. The van der Waals surface area contributed by atoms with Crippen molar-refractivity contribution < 1.29 is 0 Å². The molecule has 1 aromatic carbocycles. The van der Waals surface area contributed by atoms with Crippen LogP contribution in [0.1, 0.15) is 12.5 Å². The predicted octanol–water partition coefficient (Wildman–Crippen LogP) is 3.17. The third-order valence-electron chi connectivity index (χ3n) is 2.44. The molecule has 2 N–H and O–H groups in total. The first-order valence-corrected chi connectivity index (χ1v) is 4.69. The van der Waals surface area contributed by atoms with Gasteiger partial charge in [-0.3, -0.25) is 0 Å². The molecule has 1 nitrogen and oxygen atoms in total. The monoisotopic (exact) mass is 183 g/mol. The molecule has 0 atom stereocenters. The van der Waals surface area contributed by atoms with Gasteiger partial charge in [0, 0.05) is 5.69 Å². The molecule has 0 bridgehead atoms. The van der Waals surface area contributed by atoms with E-state index in [1.807, 2.05) is 12.1 Å². The maximum atomic E-state index is 5.64. The number of nitrogens with two attached hydrogens (primary N) is 1. The summed E-state index contributed by atoms with van der Waals surface area (Å²) in [6.45, 7) is 2.13. The van der Waals surface area contributed by atoms with Gasteiger partial charge in [-0.05, 0) is 35.8 Å². The van der Waals surface area contributed by atoms with Crippen LogP contribution in [0.5, 0.6) is 0 Å². The van der Waals surface area contributed by atoms with Crippen LogP contribution in [0.3, 0.4) is 0 Å². The summed E-state index contributed by atoms with van der Waals surface area (Å²) in [6, 6.07) is 7.97. The molecule has 0 fully saturated rings. The average Bonchev–Trinajstić information content (AvgIpc) is 2.71. The number of rotatable bonds is 1. The van der Waals surface area contributed by atoms with E-state index in [2.05, 4.69) is 43.4 Å². The van der Waals surface area contributed by atoms with Gasteiger partial charge in [-0.15, -0.1) is 0 Å². The minimum absolute atomic E-state index is 0.809. The fourth-order valence-electron chi connectivity index (χ4n) is 1.52. The third kappa shape index (κ3) is 1.62.